The van der Waals surface area contributed by atoms with Crippen molar-refractivity contribution in [1.29, 1.82) is 0 Å². The number of ketones is 1. The van der Waals surface area contributed by atoms with E-state index in [1.165, 1.54) is 11.3 Å². The maximum atomic E-state index is 12.4. The fraction of sp³-hybridized carbons (Fsp3) is 0.294. The van der Waals surface area contributed by atoms with Gasteiger partial charge in [-0.1, -0.05) is 31.2 Å². The average molecular weight is 300 g/mol. The number of carbonyl (C=O) groups excluding carboxylic acids is 2. The minimum absolute atomic E-state index is 0.127. The van der Waals surface area contributed by atoms with Crippen LogP contribution < -0.4 is 0 Å². The molecule has 0 saturated heterocycles. The smallest absolute Gasteiger partial charge is 0.338 e. The van der Waals surface area contributed by atoms with E-state index >= 15 is 0 Å². The lowest BCUT2D eigenvalue weighted by atomic mass is 10.0. The van der Waals surface area contributed by atoms with Crippen LogP contribution in [-0.2, 0) is 4.74 Å². The van der Waals surface area contributed by atoms with Crippen molar-refractivity contribution in [1.82, 2.24) is 0 Å². The van der Waals surface area contributed by atoms with Gasteiger partial charge >= 0.3 is 5.97 Å². The second-order valence-corrected chi connectivity index (χ2v) is 6.37. The topological polar surface area (TPSA) is 43.4 Å². The van der Waals surface area contributed by atoms with Gasteiger partial charge in [0.05, 0.1) is 17.0 Å². The Morgan fingerprint density at radius 1 is 1.19 bits per heavy atom. The van der Waals surface area contributed by atoms with Crippen LogP contribution in [0.4, 0.5) is 0 Å². The molecule has 1 aromatic carbocycles. The minimum atomic E-state index is -0.408. The molecule has 0 spiro atoms. The molecule has 0 aliphatic heterocycles. The molecule has 0 bridgehead atoms. The van der Waals surface area contributed by atoms with E-state index in [4.69, 9.17) is 4.74 Å². The molecule has 1 aromatic heterocycles. The third-order valence-electron chi connectivity index (χ3n) is 3.84. The maximum Gasteiger partial charge on any atom is 0.338 e. The Morgan fingerprint density at radius 3 is 2.52 bits per heavy atom. The van der Waals surface area contributed by atoms with Gasteiger partial charge in [0.25, 0.3) is 0 Å². The fourth-order valence-corrected chi connectivity index (χ4v) is 2.97. The standard InChI is InChI=1S/C17H16O3S/c1-11-9-12(11)10-20-17(19)14-6-3-2-5-13(14)16(18)15-7-4-8-21-15/h2-8,11-12H,9-10H2,1H3. The van der Waals surface area contributed by atoms with Gasteiger partial charge in [0.1, 0.15) is 0 Å². The lowest BCUT2D eigenvalue weighted by Gasteiger charge is -2.08. The maximum absolute atomic E-state index is 12.4. The highest BCUT2D eigenvalue weighted by Crippen LogP contribution is 2.37. The third-order valence-corrected chi connectivity index (χ3v) is 4.71. The molecule has 2 unspecified atom stereocenters. The van der Waals surface area contributed by atoms with Crippen molar-refractivity contribution in [3.63, 3.8) is 0 Å². The first kappa shape index (κ1) is 14.0. The van der Waals surface area contributed by atoms with Crippen LogP contribution in [0.15, 0.2) is 41.8 Å². The van der Waals surface area contributed by atoms with E-state index in [0.717, 1.165) is 6.42 Å². The second kappa shape index (κ2) is 5.82. The summed E-state index contributed by atoms with van der Waals surface area (Å²) in [6, 6.07) is 10.4. The van der Waals surface area contributed by atoms with E-state index in [1.807, 2.05) is 11.4 Å². The van der Waals surface area contributed by atoms with Gasteiger partial charge in [0, 0.05) is 5.56 Å². The van der Waals surface area contributed by atoms with Gasteiger partial charge in [0.2, 0.25) is 5.78 Å². The summed E-state index contributed by atoms with van der Waals surface area (Å²) in [6.45, 7) is 2.59. The Morgan fingerprint density at radius 2 is 1.90 bits per heavy atom. The number of rotatable bonds is 5. The van der Waals surface area contributed by atoms with Crippen LogP contribution in [0.5, 0.6) is 0 Å². The van der Waals surface area contributed by atoms with Crippen LogP contribution in [0.3, 0.4) is 0 Å². The monoisotopic (exact) mass is 300 g/mol. The number of ether oxygens (including phenoxy) is 1. The summed E-state index contributed by atoms with van der Waals surface area (Å²) in [5.74, 6) is 0.585. The molecule has 4 heteroatoms. The van der Waals surface area contributed by atoms with Gasteiger partial charge in [-0.05, 0) is 35.8 Å². The predicted molar refractivity (Wildman–Crippen MR) is 81.7 cm³/mol. The Bertz CT molecular complexity index is 660. The summed E-state index contributed by atoms with van der Waals surface area (Å²) in [6.07, 6.45) is 1.11. The zero-order chi connectivity index (χ0) is 14.8. The number of hydrogen-bond donors (Lipinski definition) is 0. The molecule has 3 rings (SSSR count). The highest BCUT2D eigenvalue weighted by molar-refractivity contribution is 7.12. The molecule has 2 atom stereocenters. The highest BCUT2D eigenvalue weighted by atomic mass is 32.1. The summed E-state index contributed by atoms with van der Waals surface area (Å²) in [5, 5.41) is 1.85. The molecular weight excluding hydrogens is 284 g/mol. The van der Waals surface area contributed by atoms with Gasteiger partial charge in [-0.3, -0.25) is 4.79 Å². The first-order chi connectivity index (χ1) is 10.2. The summed E-state index contributed by atoms with van der Waals surface area (Å²) >= 11 is 1.37. The number of carbonyl (C=O) groups is 2. The van der Waals surface area contributed by atoms with Crippen molar-refractivity contribution >= 4 is 23.1 Å². The highest BCUT2D eigenvalue weighted by Gasteiger charge is 2.34. The summed E-state index contributed by atoms with van der Waals surface area (Å²) in [4.78, 5) is 25.3. The Labute approximate surface area is 127 Å². The number of esters is 1. The molecule has 2 aromatic rings. The molecule has 1 aliphatic carbocycles. The molecule has 0 radical (unpaired) electrons. The molecule has 108 valence electrons. The van der Waals surface area contributed by atoms with Gasteiger partial charge in [-0.2, -0.15) is 0 Å². The molecule has 1 fully saturated rings. The minimum Gasteiger partial charge on any atom is -0.462 e. The number of benzene rings is 1. The number of thiophene rings is 1. The van der Waals surface area contributed by atoms with Crippen LogP contribution in [0, 0.1) is 11.8 Å². The van der Waals surface area contributed by atoms with Crippen LogP contribution in [0.25, 0.3) is 0 Å². The molecule has 0 N–H and O–H groups in total. The van der Waals surface area contributed by atoms with E-state index in [1.54, 1.807) is 30.3 Å². The van der Waals surface area contributed by atoms with E-state index in [2.05, 4.69) is 6.92 Å². The summed E-state index contributed by atoms with van der Waals surface area (Å²) < 4.78 is 5.34. The van der Waals surface area contributed by atoms with Crippen molar-refractivity contribution in [2.45, 2.75) is 13.3 Å². The van der Waals surface area contributed by atoms with Crippen LogP contribution in [0.2, 0.25) is 0 Å². The van der Waals surface area contributed by atoms with E-state index < -0.39 is 5.97 Å². The van der Waals surface area contributed by atoms with E-state index in [9.17, 15) is 9.59 Å². The quantitative estimate of drug-likeness (QED) is 0.623. The van der Waals surface area contributed by atoms with E-state index in [0.29, 0.717) is 34.4 Å². The molecule has 21 heavy (non-hydrogen) atoms. The van der Waals surface area contributed by atoms with Crippen molar-refractivity contribution < 1.29 is 14.3 Å². The number of hydrogen-bond acceptors (Lipinski definition) is 4. The van der Waals surface area contributed by atoms with Crippen molar-refractivity contribution in [2.24, 2.45) is 11.8 Å². The van der Waals surface area contributed by atoms with Gasteiger partial charge < -0.3 is 4.74 Å². The summed E-state index contributed by atoms with van der Waals surface area (Å²) in [7, 11) is 0. The Balaban J connectivity index is 1.78. The van der Waals surface area contributed by atoms with Gasteiger partial charge in [0.15, 0.2) is 0 Å². The first-order valence-corrected chi connectivity index (χ1v) is 7.89. The van der Waals surface area contributed by atoms with E-state index in [-0.39, 0.29) is 5.78 Å². The van der Waals surface area contributed by atoms with Crippen LogP contribution >= 0.6 is 11.3 Å². The average Bonchev–Trinajstić information content (AvgIpc) is 2.99. The van der Waals surface area contributed by atoms with Crippen molar-refractivity contribution in [2.75, 3.05) is 6.61 Å². The van der Waals surface area contributed by atoms with Crippen molar-refractivity contribution in [3.05, 3.63) is 57.8 Å². The zero-order valence-corrected chi connectivity index (χ0v) is 12.6. The molecular formula is C17H16O3S. The second-order valence-electron chi connectivity index (χ2n) is 5.42. The normalized spacial score (nSPS) is 20.0. The molecule has 0 amide bonds. The van der Waals surface area contributed by atoms with Crippen LogP contribution in [0.1, 0.15) is 38.9 Å². The Hall–Kier alpha value is -1.94. The predicted octanol–water partition coefficient (Wildman–Crippen LogP) is 3.79. The lowest BCUT2D eigenvalue weighted by molar-refractivity contribution is 0.0478. The molecule has 1 heterocycles. The SMILES string of the molecule is CC1CC1COC(=O)c1ccccc1C(=O)c1cccs1. The molecule has 1 aliphatic rings. The lowest BCUT2D eigenvalue weighted by Crippen LogP contribution is -2.13. The third kappa shape index (κ3) is 3.05. The summed E-state index contributed by atoms with van der Waals surface area (Å²) in [5.41, 5.74) is 0.762. The molecule has 3 nitrogen and oxygen atoms in total. The molecule has 1 saturated carbocycles. The fourth-order valence-electron chi connectivity index (χ4n) is 2.29. The van der Waals surface area contributed by atoms with Gasteiger partial charge in [-0.15, -0.1) is 11.3 Å². The first-order valence-electron chi connectivity index (χ1n) is 7.01. The van der Waals surface area contributed by atoms with Gasteiger partial charge in [-0.25, -0.2) is 4.79 Å². The Kier molecular flexibility index (Phi) is 3.88. The van der Waals surface area contributed by atoms with Crippen LogP contribution in [-0.4, -0.2) is 18.4 Å². The van der Waals surface area contributed by atoms with Crippen molar-refractivity contribution in [3.8, 4) is 0 Å². The zero-order valence-electron chi connectivity index (χ0n) is 11.7. The largest absolute Gasteiger partial charge is 0.462 e.